The monoisotopic (exact) mass is 317 g/mol. The number of hydrogen-bond donors (Lipinski definition) is 2. The smallest absolute Gasteiger partial charge is 0.267 e. The lowest BCUT2D eigenvalue weighted by atomic mass is 10.2. The first-order valence-electron chi connectivity index (χ1n) is 7.80. The molecule has 0 aliphatic heterocycles. The summed E-state index contributed by atoms with van der Waals surface area (Å²) in [5.41, 5.74) is 0.686. The molecular formula is C17H23N3O3. The lowest BCUT2D eigenvalue weighted by Crippen LogP contribution is -2.35. The fourth-order valence-corrected chi connectivity index (χ4v) is 2.44. The van der Waals surface area contributed by atoms with E-state index < -0.39 is 0 Å². The van der Waals surface area contributed by atoms with Crippen molar-refractivity contribution < 1.29 is 9.53 Å². The van der Waals surface area contributed by atoms with Crippen LogP contribution in [-0.2, 0) is 0 Å². The predicted molar refractivity (Wildman–Crippen MR) is 91.2 cm³/mol. The first kappa shape index (κ1) is 17.0. The van der Waals surface area contributed by atoms with E-state index in [9.17, 15) is 9.59 Å². The fourth-order valence-electron chi connectivity index (χ4n) is 2.44. The van der Waals surface area contributed by atoms with Crippen LogP contribution < -0.4 is 15.5 Å². The van der Waals surface area contributed by atoms with Crippen molar-refractivity contribution in [3.05, 3.63) is 40.2 Å². The minimum Gasteiger partial charge on any atom is -0.497 e. The summed E-state index contributed by atoms with van der Waals surface area (Å²) in [5, 5.41) is 3.34. The van der Waals surface area contributed by atoms with Gasteiger partial charge >= 0.3 is 0 Å². The summed E-state index contributed by atoms with van der Waals surface area (Å²) in [4.78, 5) is 29.6. The van der Waals surface area contributed by atoms with E-state index in [0.717, 1.165) is 19.6 Å². The zero-order valence-electron chi connectivity index (χ0n) is 13.8. The number of nitrogens with one attached hydrogen (secondary N) is 2. The van der Waals surface area contributed by atoms with Crippen LogP contribution in [0.5, 0.6) is 5.75 Å². The maximum atomic E-state index is 12.2. The molecule has 1 aromatic heterocycles. The molecule has 0 fully saturated rings. The Bertz CT molecular complexity index is 735. The Labute approximate surface area is 135 Å². The molecule has 23 heavy (non-hydrogen) atoms. The minimum absolute atomic E-state index is 0.202. The SMILES string of the molecule is CCN(CC)CCNC(=O)c1cc(=O)c2cc(OC)ccc2[nH]1. The van der Waals surface area contributed by atoms with Gasteiger partial charge in [0.15, 0.2) is 5.43 Å². The predicted octanol–water partition coefficient (Wildman–Crippen LogP) is 1.61. The van der Waals surface area contributed by atoms with Crippen molar-refractivity contribution in [3.63, 3.8) is 0 Å². The Morgan fingerprint density at radius 2 is 2.00 bits per heavy atom. The quantitative estimate of drug-likeness (QED) is 0.813. The molecule has 124 valence electrons. The van der Waals surface area contributed by atoms with Crippen LogP contribution in [0.3, 0.4) is 0 Å². The second kappa shape index (κ2) is 7.78. The molecule has 0 radical (unpaired) electrons. The van der Waals surface area contributed by atoms with Crippen LogP contribution in [0.15, 0.2) is 29.1 Å². The van der Waals surface area contributed by atoms with Crippen LogP contribution in [-0.4, -0.2) is 49.1 Å². The molecule has 0 aliphatic carbocycles. The third-order valence-corrected chi connectivity index (χ3v) is 3.89. The topological polar surface area (TPSA) is 74.4 Å². The molecule has 0 aliphatic rings. The Balaban J connectivity index is 2.13. The van der Waals surface area contributed by atoms with Crippen molar-refractivity contribution in [2.24, 2.45) is 0 Å². The summed E-state index contributed by atoms with van der Waals surface area (Å²) in [6, 6.07) is 6.48. The molecule has 6 heteroatoms. The van der Waals surface area contributed by atoms with E-state index in [-0.39, 0.29) is 17.0 Å². The summed E-state index contributed by atoms with van der Waals surface area (Å²) in [6.45, 7) is 7.39. The molecule has 1 heterocycles. The van der Waals surface area contributed by atoms with Gasteiger partial charge in [0, 0.05) is 24.5 Å². The standard InChI is InChI=1S/C17H23N3O3/c1-4-20(5-2)9-8-18-17(22)15-11-16(21)13-10-12(23-3)6-7-14(13)19-15/h6-7,10-11H,4-5,8-9H2,1-3H3,(H,18,22)(H,19,21). The molecule has 0 saturated carbocycles. The maximum absolute atomic E-state index is 12.2. The van der Waals surface area contributed by atoms with E-state index in [1.165, 1.54) is 6.07 Å². The Morgan fingerprint density at radius 1 is 1.26 bits per heavy atom. The number of fused-ring (bicyclic) bond motifs is 1. The van der Waals surface area contributed by atoms with Crippen LogP contribution in [0.4, 0.5) is 0 Å². The highest BCUT2D eigenvalue weighted by Crippen LogP contribution is 2.16. The van der Waals surface area contributed by atoms with E-state index >= 15 is 0 Å². The molecule has 2 rings (SSSR count). The Hall–Kier alpha value is -2.34. The molecule has 0 spiro atoms. The maximum Gasteiger partial charge on any atom is 0.267 e. The number of nitrogens with zero attached hydrogens (tertiary/aromatic N) is 1. The molecule has 0 saturated heterocycles. The number of aromatic nitrogens is 1. The van der Waals surface area contributed by atoms with Crippen LogP contribution >= 0.6 is 0 Å². The number of rotatable bonds is 7. The largest absolute Gasteiger partial charge is 0.497 e. The van der Waals surface area contributed by atoms with Crippen molar-refractivity contribution in [2.75, 3.05) is 33.3 Å². The summed E-state index contributed by atoms with van der Waals surface area (Å²) in [6.07, 6.45) is 0. The molecule has 0 bridgehead atoms. The highest BCUT2D eigenvalue weighted by atomic mass is 16.5. The van der Waals surface area contributed by atoms with Gasteiger partial charge in [-0.25, -0.2) is 0 Å². The normalized spacial score (nSPS) is 11.0. The number of aromatic amines is 1. The van der Waals surface area contributed by atoms with Crippen molar-refractivity contribution in [1.29, 1.82) is 0 Å². The number of benzene rings is 1. The number of pyridine rings is 1. The van der Waals surface area contributed by atoms with Crippen molar-refractivity contribution in [1.82, 2.24) is 15.2 Å². The summed E-state index contributed by atoms with van der Waals surface area (Å²) >= 11 is 0. The lowest BCUT2D eigenvalue weighted by Gasteiger charge is -2.17. The van der Waals surface area contributed by atoms with Gasteiger partial charge in [-0.15, -0.1) is 0 Å². The summed E-state index contributed by atoms with van der Waals surface area (Å²) < 4.78 is 5.12. The van der Waals surface area contributed by atoms with Crippen LogP contribution in [0.2, 0.25) is 0 Å². The van der Waals surface area contributed by atoms with Gasteiger partial charge in [-0.05, 0) is 31.3 Å². The van der Waals surface area contributed by atoms with Gasteiger partial charge in [0.1, 0.15) is 11.4 Å². The van der Waals surface area contributed by atoms with Crippen molar-refractivity contribution >= 4 is 16.8 Å². The first-order valence-corrected chi connectivity index (χ1v) is 7.80. The van der Waals surface area contributed by atoms with Gasteiger partial charge in [-0.2, -0.15) is 0 Å². The zero-order chi connectivity index (χ0) is 16.8. The number of hydrogen-bond acceptors (Lipinski definition) is 4. The molecular weight excluding hydrogens is 294 g/mol. The third-order valence-electron chi connectivity index (χ3n) is 3.89. The van der Waals surface area contributed by atoms with Crippen LogP contribution in [0.25, 0.3) is 10.9 Å². The van der Waals surface area contributed by atoms with Crippen LogP contribution in [0.1, 0.15) is 24.3 Å². The number of carbonyl (C=O) groups excluding carboxylic acids is 1. The Morgan fingerprint density at radius 3 is 2.65 bits per heavy atom. The van der Waals surface area contributed by atoms with Crippen molar-refractivity contribution in [3.8, 4) is 5.75 Å². The lowest BCUT2D eigenvalue weighted by molar-refractivity contribution is 0.0944. The van der Waals surface area contributed by atoms with E-state index in [1.807, 2.05) is 0 Å². The van der Waals surface area contributed by atoms with Crippen LogP contribution in [0, 0.1) is 0 Å². The fraction of sp³-hybridized carbons (Fsp3) is 0.412. The number of likely N-dealkylation sites (N-methyl/N-ethyl adjacent to an activating group) is 1. The van der Waals surface area contributed by atoms with E-state index in [0.29, 0.717) is 23.2 Å². The van der Waals surface area contributed by atoms with Crippen molar-refractivity contribution in [2.45, 2.75) is 13.8 Å². The summed E-state index contributed by atoms with van der Waals surface area (Å²) in [7, 11) is 1.55. The van der Waals surface area contributed by atoms with Gasteiger partial charge in [-0.1, -0.05) is 13.8 Å². The second-order valence-electron chi connectivity index (χ2n) is 5.24. The van der Waals surface area contributed by atoms with Gasteiger partial charge in [-0.3, -0.25) is 9.59 Å². The molecule has 1 aromatic carbocycles. The average Bonchev–Trinajstić information content (AvgIpc) is 2.58. The molecule has 2 aromatic rings. The van der Waals surface area contributed by atoms with E-state index in [2.05, 4.69) is 29.0 Å². The number of carbonyl (C=O) groups is 1. The molecule has 1 amide bonds. The zero-order valence-corrected chi connectivity index (χ0v) is 13.8. The second-order valence-corrected chi connectivity index (χ2v) is 5.24. The molecule has 0 unspecified atom stereocenters. The highest BCUT2D eigenvalue weighted by Gasteiger charge is 2.10. The van der Waals surface area contributed by atoms with Gasteiger partial charge in [0.2, 0.25) is 0 Å². The number of amides is 1. The van der Waals surface area contributed by atoms with E-state index in [1.54, 1.807) is 25.3 Å². The van der Waals surface area contributed by atoms with E-state index in [4.69, 9.17) is 4.74 Å². The first-order chi connectivity index (χ1) is 11.1. The third kappa shape index (κ3) is 4.10. The van der Waals surface area contributed by atoms with Gasteiger partial charge in [0.25, 0.3) is 5.91 Å². The van der Waals surface area contributed by atoms with Gasteiger partial charge < -0.3 is 19.9 Å². The average molecular weight is 317 g/mol. The minimum atomic E-state index is -0.271. The van der Waals surface area contributed by atoms with Gasteiger partial charge in [0.05, 0.1) is 12.6 Å². The molecule has 6 nitrogen and oxygen atoms in total. The highest BCUT2D eigenvalue weighted by molar-refractivity contribution is 5.94. The molecule has 2 N–H and O–H groups in total. The Kier molecular flexibility index (Phi) is 5.76. The number of H-pyrrole nitrogens is 1. The number of methoxy groups -OCH3 is 1. The molecule has 0 atom stereocenters. The summed E-state index contributed by atoms with van der Waals surface area (Å²) in [5.74, 6) is 0.339. The number of ether oxygens (including phenoxy) is 1.